The van der Waals surface area contributed by atoms with Crippen LogP contribution in [-0.4, -0.2) is 16.4 Å². The molecule has 0 N–H and O–H groups in total. The number of alkyl halides is 2. The van der Waals surface area contributed by atoms with Crippen LogP contribution in [0.5, 0.6) is 0 Å². The Balaban J connectivity index is 1.59. The maximum atomic E-state index is 14.7. The van der Waals surface area contributed by atoms with Crippen molar-refractivity contribution in [3.8, 4) is 0 Å². The number of rotatable bonds is 18. The van der Waals surface area contributed by atoms with E-state index in [1.807, 2.05) is 0 Å². The van der Waals surface area contributed by atoms with Crippen LogP contribution in [0.4, 0.5) is 0 Å². The van der Waals surface area contributed by atoms with Crippen molar-refractivity contribution in [1.82, 2.24) is 0 Å². The van der Waals surface area contributed by atoms with Gasteiger partial charge in [-0.05, 0) is 123 Å². The maximum Gasteiger partial charge on any atom is 0.193 e. The molecular formula is C41H60Br2O. The number of carbonyl (C=O) groups is 1. The van der Waals surface area contributed by atoms with E-state index in [0.29, 0.717) is 11.8 Å². The minimum absolute atomic E-state index is 0.282. The summed E-state index contributed by atoms with van der Waals surface area (Å²) in [6.07, 6.45) is 25.6. The standard InChI is InChI=1S/C41H60Br2O/c1-3-5-7-11-31-15-21-35(22-16-31)39-29-33(13-9-27-42)19-25-37(39)41(44)38-26-20-34(14-10-28-43)30-40(38)36-23-17-32(18-24-36)12-8-6-4-2/h19-20,25-26,29-32,35-36H,3-18,21-24,27-28H2,1-2H3. The lowest BCUT2D eigenvalue weighted by Crippen LogP contribution is -2.19. The number of unbranched alkanes of at least 4 members (excludes halogenated alkanes) is 4. The number of benzene rings is 2. The summed E-state index contributed by atoms with van der Waals surface area (Å²) in [7, 11) is 0. The first-order chi connectivity index (χ1) is 21.6. The van der Waals surface area contributed by atoms with E-state index in [1.54, 1.807) is 0 Å². The van der Waals surface area contributed by atoms with Crippen LogP contribution in [0.3, 0.4) is 0 Å². The Kier molecular flexibility index (Phi) is 16.1. The number of aryl methyl sites for hydroxylation is 2. The van der Waals surface area contributed by atoms with Gasteiger partial charge in [-0.15, -0.1) is 0 Å². The van der Waals surface area contributed by atoms with E-state index in [2.05, 4.69) is 82.1 Å². The van der Waals surface area contributed by atoms with Gasteiger partial charge in [-0.3, -0.25) is 4.79 Å². The highest BCUT2D eigenvalue weighted by Gasteiger charge is 2.30. The molecule has 2 aliphatic carbocycles. The monoisotopic (exact) mass is 726 g/mol. The Morgan fingerprint density at radius 3 is 1.36 bits per heavy atom. The van der Waals surface area contributed by atoms with Crippen molar-refractivity contribution in [1.29, 1.82) is 0 Å². The average molecular weight is 729 g/mol. The zero-order chi connectivity index (χ0) is 31.1. The van der Waals surface area contributed by atoms with E-state index in [1.165, 1.54) is 125 Å². The normalized spacial score (nSPS) is 22.3. The zero-order valence-corrected chi connectivity index (χ0v) is 31.2. The third kappa shape index (κ3) is 10.5. The summed E-state index contributed by atoms with van der Waals surface area (Å²) in [5.41, 5.74) is 7.47. The smallest absolute Gasteiger partial charge is 0.193 e. The minimum atomic E-state index is 0.282. The van der Waals surface area contributed by atoms with Crippen molar-refractivity contribution in [2.75, 3.05) is 10.7 Å². The molecule has 2 aromatic rings. The van der Waals surface area contributed by atoms with Crippen molar-refractivity contribution < 1.29 is 4.79 Å². The van der Waals surface area contributed by atoms with E-state index in [9.17, 15) is 4.79 Å². The molecule has 0 aliphatic heterocycles. The molecule has 3 heteroatoms. The summed E-state index contributed by atoms with van der Waals surface area (Å²) >= 11 is 7.26. The zero-order valence-electron chi connectivity index (χ0n) is 28.0. The van der Waals surface area contributed by atoms with Crippen molar-refractivity contribution in [3.63, 3.8) is 0 Å². The van der Waals surface area contributed by atoms with Crippen LogP contribution in [0.15, 0.2) is 36.4 Å². The first-order valence-electron chi connectivity index (χ1n) is 18.5. The van der Waals surface area contributed by atoms with Gasteiger partial charge in [0.25, 0.3) is 0 Å². The molecule has 0 spiro atoms. The molecule has 0 atom stereocenters. The average Bonchev–Trinajstić information content (AvgIpc) is 3.07. The van der Waals surface area contributed by atoms with E-state index in [4.69, 9.17) is 0 Å². The van der Waals surface area contributed by atoms with E-state index in [0.717, 1.165) is 59.3 Å². The highest BCUT2D eigenvalue weighted by Crippen LogP contribution is 2.42. The van der Waals surface area contributed by atoms with Crippen molar-refractivity contribution in [2.24, 2.45) is 11.8 Å². The summed E-state index contributed by atoms with van der Waals surface area (Å²) in [5, 5.41) is 2.05. The molecule has 0 aromatic heterocycles. The fraction of sp³-hybridized carbons (Fsp3) is 0.683. The molecule has 0 saturated heterocycles. The lowest BCUT2D eigenvalue weighted by Gasteiger charge is -2.31. The van der Waals surface area contributed by atoms with E-state index >= 15 is 0 Å². The molecule has 0 heterocycles. The van der Waals surface area contributed by atoms with Gasteiger partial charge >= 0.3 is 0 Å². The Morgan fingerprint density at radius 2 is 1.00 bits per heavy atom. The van der Waals surface area contributed by atoms with Crippen LogP contribution in [0.25, 0.3) is 0 Å². The van der Waals surface area contributed by atoms with Gasteiger partial charge in [-0.25, -0.2) is 0 Å². The molecule has 1 nitrogen and oxygen atoms in total. The summed E-state index contributed by atoms with van der Waals surface area (Å²) in [4.78, 5) is 14.7. The molecule has 0 unspecified atom stereocenters. The fourth-order valence-electron chi connectivity index (χ4n) is 8.20. The second-order valence-corrected chi connectivity index (χ2v) is 15.8. The molecule has 0 bridgehead atoms. The summed E-state index contributed by atoms with van der Waals surface area (Å²) in [5.74, 6) is 3.07. The highest BCUT2D eigenvalue weighted by atomic mass is 79.9. The summed E-state index contributed by atoms with van der Waals surface area (Å²) in [6.45, 7) is 4.61. The molecule has 2 fully saturated rings. The Morgan fingerprint density at radius 1 is 0.591 bits per heavy atom. The molecule has 0 radical (unpaired) electrons. The molecular weight excluding hydrogens is 668 g/mol. The van der Waals surface area contributed by atoms with E-state index in [-0.39, 0.29) is 5.78 Å². The molecule has 0 amide bonds. The van der Waals surface area contributed by atoms with Crippen LogP contribution in [0.1, 0.15) is 179 Å². The number of ketones is 1. The maximum absolute atomic E-state index is 14.7. The van der Waals surface area contributed by atoms with Crippen molar-refractivity contribution in [3.05, 3.63) is 69.8 Å². The van der Waals surface area contributed by atoms with Crippen LogP contribution in [0, 0.1) is 11.8 Å². The van der Waals surface area contributed by atoms with Crippen LogP contribution in [-0.2, 0) is 12.8 Å². The fourth-order valence-corrected chi connectivity index (χ4v) is 8.76. The van der Waals surface area contributed by atoms with Crippen LogP contribution in [0.2, 0.25) is 0 Å². The second kappa shape index (κ2) is 19.7. The lowest BCUT2D eigenvalue weighted by atomic mass is 9.73. The molecule has 4 rings (SSSR count). The number of carbonyl (C=O) groups excluding carboxylic acids is 1. The second-order valence-electron chi connectivity index (χ2n) is 14.2. The Bertz CT molecular complexity index is 1040. The van der Waals surface area contributed by atoms with Crippen LogP contribution >= 0.6 is 31.9 Å². The third-order valence-electron chi connectivity index (χ3n) is 10.9. The predicted molar refractivity (Wildman–Crippen MR) is 198 cm³/mol. The molecule has 2 aromatic carbocycles. The first kappa shape index (κ1) is 35.9. The molecule has 244 valence electrons. The Labute approximate surface area is 287 Å². The van der Waals surface area contributed by atoms with Gasteiger partial charge in [0.2, 0.25) is 0 Å². The first-order valence-corrected chi connectivity index (χ1v) is 20.7. The third-order valence-corrected chi connectivity index (χ3v) is 12.0. The van der Waals surface area contributed by atoms with Gasteiger partial charge in [0.1, 0.15) is 0 Å². The van der Waals surface area contributed by atoms with E-state index < -0.39 is 0 Å². The van der Waals surface area contributed by atoms with Gasteiger partial charge in [-0.1, -0.05) is 133 Å². The van der Waals surface area contributed by atoms with Gasteiger partial charge in [0, 0.05) is 21.8 Å². The number of hydrogen-bond donors (Lipinski definition) is 0. The lowest BCUT2D eigenvalue weighted by molar-refractivity contribution is 0.103. The van der Waals surface area contributed by atoms with Gasteiger partial charge in [0.15, 0.2) is 5.78 Å². The SMILES string of the molecule is CCCCCC1CCC(c2cc(CCCBr)ccc2C(=O)c2ccc(CCCBr)cc2C2CCC(CCCCC)CC2)CC1. The summed E-state index contributed by atoms with van der Waals surface area (Å²) < 4.78 is 0. The Hall–Kier alpha value is -0.930. The quantitative estimate of drug-likeness (QED) is 0.0849. The largest absolute Gasteiger partial charge is 0.289 e. The molecule has 2 saturated carbocycles. The molecule has 44 heavy (non-hydrogen) atoms. The topological polar surface area (TPSA) is 17.1 Å². The van der Waals surface area contributed by atoms with Crippen molar-refractivity contribution in [2.45, 2.75) is 154 Å². The van der Waals surface area contributed by atoms with Gasteiger partial charge in [0.05, 0.1) is 0 Å². The van der Waals surface area contributed by atoms with Gasteiger partial charge < -0.3 is 0 Å². The number of hydrogen-bond acceptors (Lipinski definition) is 1. The minimum Gasteiger partial charge on any atom is -0.289 e. The predicted octanol–water partition coefficient (Wildman–Crippen LogP) is 13.3. The summed E-state index contributed by atoms with van der Waals surface area (Å²) in [6, 6.07) is 13.8. The van der Waals surface area contributed by atoms with Crippen molar-refractivity contribution >= 4 is 37.6 Å². The van der Waals surface area contributed by atoms with Crippen LogP contribution < -0.4 is 0 Å². The highest BCUT2D eigenvalue weighted by molar-refractivity contribution is 9.09. The van der Waals surface area contributed by atoms with Gasteiger partial charge in [-0.2, -0.15) is 0 Å². The molecule has 2 aliphatic rings. The number of halogens is 2.